The van der Waals surface area contributed by atoms with Crippen LogP contribution in [-0.4, -0.2) is 48.4 Å². The molecule has 0 radical (unpaired) electrons. The van der Waals surface area contributed by atoms with E-state index in [2.05, 4.69) is 0 Å². The summed E-state index contributed by atoms with van der Waals surface area (Å²) in [5, 5.41) is 18.0. The lowest BCUT2D eigenvalue weighted by atomic mass is 10.0. The van der Waals surface area contributed by atoms with E-state index in [4.69, 9.17) is 9.47 Å². The van der Waals surface area contributed by atoms with Crippen LogP contribution in [0.5, 0.6) is 23.0 Å². The smallest absolute Gasteiger partial charge is 0.268 e. The highest BCUT2D eigenvalue weighted by Gasteiger charge is 2.26. The molecule has 2 aromatic carbocycles. The van der Waals surface area contributed by atoms with Gasteiger partial charge in [0.15, 0.2) is 23.0 Å². The Morgan fingerprint density at radius 3 is 1.90 bits per heavy atom. The topological polar surface area (TPSA) is 130 Å². The summed E-state index contributed by atoms with van der Waals surface area (Å²) < 4.78 is 43.1. The van der Waals surface area contributed by atoms with Crippen molar-refractivity contribution in [3.63, 3.8) is 0 Å². The number of phenols is 2. The van der Waals surface area contributed by atoms with E-state index in [0.29, 0.717) is 17.7 Å². The molecule has 0 aliphatic rings. The van der Waals surface area contributed by atoms with E-state index >= 15 is 0 Å². The summed E-state index contributed by atoms with van der Waals surface area (Å²) in [6.07, 6.45) is 0.466. The molecule has 0 amide bonds. The van der Waals surface area contributed by atoms with E-state index in [-0.39, 0.29) is 48.7 Å². The molecule has 0 aliphatic heterocycles. The zero-order chi connectivity index (χ0) is 22.3. The van der Waals surface area contributed by atoms with Crippen LogP contribution in [0.25, 0.3) is 0 Å². The number of benzene rings is 2. The van der Waals surface area contributed by atoms with Crippen molar-refractivity contribution in [1.82, 2.24) is 0 Å². The molecule has 2 rings (SSSR count). The first-order chi connectivity index (χ1) is 14.1. The number of hydrogen-bond donors (Lipinski definition) is 3. The first-order valence-corrected chi connectivity index (χ1v) is 10.8. The summed E-state index contributed by atoms with van der Waals surface area (Å²) in [5.74, 6) is 0.211. The van der Waals surface area contributed by atoms with Gasteiger partial charge in [0.1, 0.15) is 5.78 Å². The van der Waals surface area contributed by atoms with Crippen molar-refractivity contribution in [2.75, 3.05) is 14.2 Å². The lowest BCUT2D eigenvalue weighted by Gasteiger charge is -2.14. The predicted molar refractivity (Wildman–Crippen MR) is 111 cm³/mol. The zero-order valence-electron chi connectivity index (χ0n) is 16.9. The fourth-order valence-electron chi connectivity index (χ4n) is 3.08. The van der Waals surface area contributed by atoms with Crippen molar-refractivity contribution >= 4 is 15.9 Å². The Hall–Kier alpha value is -2.78. The number of methoxy groups -OCH3 is 2. The summed E-state index contributed by atoms with van der Waals surface area (Å²) in [7, 11) is -1.58. The first-order valence-electron chi connectivity index (χ1n) is 9.33. The number of Topliss-reactive ketones (excluding diaryl/α,β-unsaturated/α-hetero) is 1. The second kappa shape index (κ2) is 10.3. The summed E-state index contributed by atoms with van der Waals surface area (Å²) in [5.41, 5.74) is 1.47. The fourth-order valence-corrected chi connectivity index (χ4v) is 3.89. The number of hydrogen-bond acceptors (Lipinski definition) is 7. The summed E-state index contributed by atoms with van der Waals surface area (Å²) in [6.45, 7) is 0. The third-order valence-electron chi connectivity index (χ3n) is 4.81. The molecule has 0 aromatic heterocycles. The molecule has 3 N–H and O–H groups in total. The molecular formula is C21H26O8S. The molecule has 1 atom stereocenters. The number of carbonyl (C=O) groups is 1. The molecule has 2 aromatic rings. The summed E-state index contributed by atoms with van der Waals surface area (Å²) >= 11 is 0. The maximum absolute atomic E-state index is 12.3. The number of aryl methyl sites for hydroxylation is 2. The molecule has 0 saturated heterocycles. The van der Waals surface area contributed by atoms with Gasteiger partial charge in [0.05, 0.1) is 19.5 Å². The minimum Gasteiger partial charge on any atom is -0.504 e. The van der Waals surface area contributed by atoms with Crippen molar-refractivity contribution in [2.45, 2.75) is 37.4 Å². The number of phenolic OH excluding ortho intramolecular Hbond substituents is 2. The van der Waals surface area contributed by atoms with Crippen LogP contribution < -0.4 is 9.47 Å². The minimum atomic E-state index is -4.41. The molecule has 0 saturated carbocycles. The van der Waals surface area contributed by atoms with Crippen LogP contribution in [-0.2, 0) is 27.8 Å². The minimum absolute atomic E-state index is 0.00937. The van der Waals surface area contributed by atoms with Gasteiger partial charge in [-0.05, 0) is 54.7 Å². The Balaban J connectivity index is 1.98. The maximum Gasteiger partial charge on any atom is 0.268 e. The van der Waals surface area contributed by atoms with Gasteiger partial charge in [-0.3, -0.25) is 9.35 Å². The SMILES string of the molecule is COc1cc(CCC(=O)CC(CCc2ccc(O)c(OC)c2)S(=O)(=O)O)ccc1O. The highest BCUT2D eigenvalue weighted by Crippen LogP contribution is 2.28. The van der Waals surface area contributed by atoms with E-state index in [1.807, 2.05) is 0 Å². The second-order valence-electron chi connectivity index (χ2n) is 6.93. The molecular weight excluding hydrogens is 412 g/mol. The molecule has 0 fully saturated rings. The van der Waals surface area contributed by atoms with E-state index in [1.54, 1.807) is 24.3 Å². The maximum atomic E-state index is 12.3. The Morgan fingerprint density at radius 2 is 1.43 bits per heavy atom. The molecule has 0 heterocycles. The number of rotatable bonds is 11. The van der Waals surface area contributed by atoms with Crippen LogP contribution in [0.4, 0.5) is 0 Å². The molecule has 0 aliphatic carbocycles. The molecule has 8 nitrogen and oxygen atoms in total. The van der Waals surface area contributed by atoms with Gasteiger partial charge in [-0.1, -0.05) is 12.1 Å². The molecule has 0 bridgehead atoms. The van der Waals surface area contributed by atoms with Gasteiger partial charge in [-0.25, -0.2) is 0 Å². The van der Waals surface area contributed by atoms with Crippen molar-refractivity contribution in [1.29, 1.82) is 0 Å². The largest absolute Gasteiger partial charge is 0.504 e. The number of ketones is 1. The van der Waals surface area contributed by atoms with Gasteiger partial charge in [-0.2, -0.15) is 8.42 Å². The average molecular weight is 438 g/mol. The third-order valence-corrected chi connectivity index (χ3v) is 6.06. The molecule has 30 heavy (non-hydrogen) atoms. The van der Waals surface area contributed by atoms with Crippen molar-refractivity contribution in [3.8, 4) is 23.0 Å². The number of aromatic hydroxyl groups is 2. The predicted octanol–water partition coefficient (Wildman–Crippen LogP) is 2.90. The van der Waals surface area contributed by atoms with Gasteiger partial charge in [-0.15, -0.1) is 0 Å². The quantitative estimate of drug-likeness (QED) is 0.457. The zero-order valence-corrected chi connectivity index (χ0v) is 17.7. The molecule has 0 spiro atoms. The number of ether oxygens (including phenoxy) is 2. The lowest BCUT2D eigenvalue weighted by molar-refractivity contribution is -0.119. The highest BCUT2D eigenvalue weighted by molar-refractivity contribution is 7.86. The lowest BCUT2D eigenvalue weighted by Crippen LogP contribution is -2.25. The van der Waals surface area contributed by atoms with E-state index in [9.17, 15) is 28.0 Å². The van der Waals surface area contributed by atoms with Crippen LogP contribution in [0.2, 0.25) is 0 Å². The standard InChI is InChI=1S/C21H26O8S/c1-28-20-11-14(5-9-18(20)23)3-7-16(22)13-17(30(25,26)27)8-4-15-6-10-19(24)21(12-15)29-2/h5-6,9-12,17,23-24H,3-4,7-8,13H2,1-2H3,(H,25,26,27). The van der Waals surface area contributed by atoms with Crippen LogP contribution in [0, 0.1) is 0 Å². The number of carbonyl (C=O) groups excluding carboxylic acids is 1. The van der Waals surface area contributed by atoms with Crippen LogP contribution in [0.15, 0.2) is 36.4 Å². The van der Waals surface area contributed by atoms with E-state index in [0.717, 1.165) is 5.56 Å². The highest BCUT2D eigenvalue weighted by atomic mass is 32.2. The third kappa shape index (κ3) is 6.64. The summed E-state index contributed by atoms with van der Waals surface area (Å²) in [6, 6.07) is 9.37. The average Bonchev–Trinajstić information content (AvgIpc) is 2.70. The monoisotopic (exact) mass is 438 g/mol. The van der Waals surface area contributed by atoms with Crippen molar-refractivity contribution in [2.24, 2.45) is 0 Å². The van der Waals surface area contributed by atoms with Gasteiger partial charge in [0.25, 0.3) is 10.1 Å². The molecule has 1 unspecified atom stereocenters. The fraction of sp³-hybridized carbons (Fsp3) is 0.381. The van der Waals surface area contributed by atoms with Crippen LogP contribution in [0.3, 0.4) is 0 Å². The van der Waals surface area contributed by atoms with Gasteiger partial charge in [0, 0.05) is 12.8 Å². The Kier molecular flexibility index (Phi) is 8.08. The molecule has 9 heteroatoms. The van der Waals surface area contributed by atoms with Gasteiger partial charge < -0.3 is 19.7 Å². The Morgan fingerprint density at radius 1 is 0.933 bits per heavy atom. The summed E-state index contributed by atoms with van der Waals surface area (Å²) in [4.78, 5) is 12.3. The second-order valence-corrected chi connectivity index (χ2v) is 8.63. The van der Waals surface area contributed by atoms with Crippen molar-refractivity contribution in [3.05, 3.63) is 47.5 Å². The normalized spacial score (nSPS) is 12.4. The Bertz CT molecular complexity index is 984. The first kappa shape index (κ1) is 23.5. The van der Waals surface area contributed by atoms with E-state index < -0.39 is 15.4 Å². The van der Waals surface area contributed by atoms with Crippen LogP contribution >= 0.6 is 0 Å². The Labute approximate surface area is 175 Å². The van der Waals surface area contributed by atoms with Gasteiger partial charge in [0.2, 0.25) is 0 Å². The van der Waals surface area contributed by atoms with Crippen molar-refractivity contribution < 1.29 is 37.5 Å². The molecule has 164 valence electrons. The van der Waals surface area contributed by atoms with Crippen LogP contribution in [0.1, 0.15) is 30.4 Å². The van der Waals surface area contributed by atoms with Gasteiger partial charge >= 0.3 is 0 Å². The van der Waals surface area contributed by atoms with E-state index in [1.165, 1.54) is 26.4 Å².